The van der Waals surface area contributed by atoms with Crippen LogP contribution in [0.15, 0.2) is 30.3 Å². The summed E-state index contributed by atoms with van der Waals surface area (Å²) in [6.45, 7) is -0.640. The monoisotopic (exact) mass is 404 g/mol. The van der Waals surface area contributed by atoms with E-state index in [2.05, 4.69) is 10.6 Å². The standard InChI is InChI=1S/C19H24N4O6/c20-13(10-12-4-2-1-3-5-12)18(28)22-14-6-7-16(25)23(19(14)29)11-15(24)21-9-8-17(26)27/h1-5,13-14H,6-11,20H2,(H,21,24)(H,22,28)(H,26,27)/t13-,14+/m1/s1. The van der Waals surface area contributed by atoms with Crippen molar-refractivity contribution in [1.29, 1.82) is 0 Å². The lowest BCUT2D eigenvalue weighted by molar-refractivity contribution is -0.153. The van der Waals surface area contributed by atoms with E-state index in [1.165, 1.54) is 0 Å². The highest BCUT2D eigenvalue weighted by Gasteiger charge is 2.36. The Morgan fingerprint density at radius 1 is 1.21 bits per heavy atom. The first kappa shape index (κ1) is 22.0. The van der Waals surface area contributed by atoms with Crippen LogP contribution >= 0.6 is 0 Å². The number of nitrogens with two attached hydrogens (primary N) is 1. The SMILES string of the molecule is N[C@H](Cc1ccccc1)C(=O)N[C@H]1CCC(=O)N(CC(=O)NCCC(=O)O)C1=O. The van der Waals surface area contributed by atoms with E-state index in [4.69, 9.17) is 10.8 Å². The lowest BCUT2D eigenvalue weighted by atomic mass is 10.0. The molecular formula is C19H24N4O6. The molecule has 1 fully saturated rings. The second kappa shape index (κ2) is 10.3. The fourth-order valence-electron chi connectivity index (χ4n) is 2.89. The van der Waals surface area contributed by atoms with Crippen LogP contribution < -0.4 is 16.4 Å². The maximum atomic E-state index is 12.5. The molecule has 1 saturated heterocycles. The number of nitrogens with zero attached hydrogens (tertiary/aromatic N) is 1. The largest absolute Gasteiger partial charge is 0.481 e. The van der Waals surface area contributed by atoms with Gasteiger partial charge in [-0.15, -0.1) is 0 Å². The molecule has 0 radical (unpaired) electrons. The molecule has 0 spiro atoms. The Balaban J connectivity index is 1.90. The number of nitrogens with one attached hydrogen (secondary N) is 2. The normalized spacial score (nSPS) is 17.6. The van der Waals surface area contributed by atoms with E-state index >= 15 is 0 Å². The summed E-state index contributed by atoms with van der Waals surface area (Å²) in [5, 5.41) is 13.5. The maximum Gasteiger partial charge on any atom is 0.305 e. The number of amides is 4. The van der Waals surface area contributed by atoms with Crippen LogP contribution in [0.1, 0.15) is 24.8 Å². The molecule has 0 unspecified atom stereocenters. The average molecular weight is 404 g/mol. The van der Waals surface area contributed by atoms with Gasteiger partial charge in [-0.05, 0) is 18.4 Å². The number of carboxylic acid groups (broad SMARTS) is 1. The van der Waals surface area contributed by atoms with Gasteiger partial charge in [0.25, 0.3) is 5.91 Å². The Kier molecular flexibility index (Phi) is 7.84. The Bertz CT molecular complexity index is 782. The van der Waals surface area contributed by atoms with Gasteiger partial charge in [0.05, 0.1) is 12.5 Å². The average Bonchev–Trinajstić information content (AvgIpc) is 2.67. The fraction of sp³-hybridized carbons (Fsp3) is 0.421. The number of hydrogen-bond donors (Lipinski definition) is 4. The van der Waals surface area contributed by atoms with Gasteiger partial charge in [-0.2, -0.15) is 0 Å². The molecule has 2 atom stereocenters. The number of carboxylic acids is 1. The van der Waals surface area contributed by atoms with Crippen LogP contribution in [-0.2, 0) is 30.4 Å². The summed E-state index contributed by atoms with van der Waals surface area (Å²) in [7, 11) is 0. The Morgan fingerprint density at radius 2 is 1.90 bits per heavy atom. The van der Waals surface area contributed by atoms with Crippen LogP contribution in [0.3, 0.4) is 0 Å². The van der Waals surface area contributed by atoms with Crippen molar-refractivity contribution in [1.82, 2.24) is 15.5 Å². The minimum absolute atomic E-state index is 0.00693. The van der Waals surface area contributed by atoms with E-state index in [1.807, 2.05) is 30.3 Å². The molecule has 0 aromatic heterocycles. The van der Waals surface area contributed by atoms with E-state index in [9.17, 15) is 24.0 Å². The maximum absolute atomic E-state index is 12.5. The van der Waals surface area contributed by atoms with Crippen molar-refractivity contribution in [3.05, 3.63) is 35.9 Å². The predicted octanol–water partition coefficient (Wildman–Crippen LogP) is -1.22. The molecule has 1 aliphatic heterocycles. The van der Waals surface area contributed by atoms with Crippen LogP contribution in [0.5, 0.6) is 0 Å². The van der Waals surface area contributed by atoms with Crippen molar-refractivity contribution in [2.45, 2.75) is 37.8 Å². The van der Waals surface area contributed by atoms with Gasteiger partial charge in [-0.3, -0.25) is 28.9 Å². The number of carbonyl (C=O) groups excluding carboxylic acids is 4. The first-order chi connectivity index (χ1) is 13.8. The van der Waals surface area contributed by atoms with Crippen LogP contribution in [0.2, 0.25) is 0 Å². The van der Waals surface area contributed by atoms with Crippen LogP contribution in [-0.4, -0.2) is 64.8 Å². The number of hydrogen-bond acceptors (Lipinski definition) is 6. The summed E-state index contributed by atoms with van der Waals surface area (Å²) in [5.41, 5.74) is 6.79. The van der Waals surface area contributed by atoms with E-state index < -0.39 is 48.2 Å². The molecule has 0 saturated carbocycles. The summed E-state index contributed by atoms with van der Waals surface area (Å²) in [4.78, 5) is 60.0. The van der Waals surface area contributed by atoms with E-state index in [0.29, 0.717) is 6.42 Å². The van der Waals surface area contributed by atoms with Crippen molar-refractivity contribution in [2.75, 3.05) is 13.1 Å². The molecule has 1 heterocycles. The highest BCUT2D eigenvalue weighted by Crippen LogP contribution is 2.13. The van der Waals surface area contributed by atoms with Crippen molar-refractivity contribution >= 4 is 29.6 Å². The van der Waals surface area contributed by atoms with Crippen LogP contribution in [0.25, 0.3) is 0 Å². The van der Waals surface area contributed by atoms with Gasteiger partial charge in [0.15, 0.2) is 0 Å². The molecule has 10 nitrogen and oxygen atoms in total. The summed E-state index contributed by atoms with van der Waals surface area (Å²) < 4.78 is 0. The summed E-state index contributed by atoms with van der Waals surface area (Å²) in [6.07, 6.45) is 0.138. The van der Waals surface area contributed by atoms with Gasteiger partial charge in [0.1, 0.15) is 12.6 Å². The summed E-state index contributed by atoms with van der Waals surface area (Å²) >= 11 is 0. The van der Waals surface area contributed by atoms with Gasteiger partial charge >= 0.3 is 5.97 Å². The zero-order valence-electron chi connectivity index (χ0n) is 15.8. The molecule has 2 rings (SSSR count). The third kappa shape index (κ3) is 6.68. The number of benzene rings is 1. The van der Waals surface area contributed by atoms with Gasteiger partial charge in [0, 0.05) is 13.0 Å². The quantitative estimate of drug-likeness (QED) is 0.375. The molecule has 4 amide bonds. The number of rotatable bonds is 9. The first-order valence-corrected chi connectivity index (χ1v) is 9.20. The lowest BCUT2D eigenvalue weighted by Gasteiger charge is -2.31. The number of carbonyl (C=O) groups is 5. The molecule has 0 aliphatic carbocycles. The predicted molar refractivity (Wildman–Crippen MR) is 101 cm³/mol. The molecule has 1 aliphatic rings. The van der Waals surface area contributed by atoms with Gasteiger partial charge in [0.2, 0.25) is 17.7 Å². The first-order valence-electron chi connectivity index (χ1n) is 9.20. The Hall–Kier alpha value is -3.27. The fourth-order valence-corrected chi connectivity index (χ4v) is 2.89. The van der Waals surface area contributed by atoms with Gasteiger partial charge in [-0.25, -0.2) is 0 Å². The molecule has 1 aromatic carbocycles. The van der Waals surface area contributed by atoms with E-state index in [-0.39, 0.29) is 25.8 Å². The molecule has 29 heavy (non-hydrogen) atoms. The van der Waals surface area contributed by atoms with Crippen molar-refractivity contribution in [3.63, 3.8) is 0 Å². The summed E-state index contributed by atoms with van der Waals surface area (Å²) in [6, 6.07) is 7.36. The third-order valence-corrected chi connectivity index (χ3v) is 4.43. The lowest BCUT2D eigenvalue weighted by Crippen LogP contribution is -2.58. The number of imide groups is 1. The number of aliphatic carboxylic acids is 1. The van der Waals surface area contributed by atoms with Crippen molar-refractivity contribution in [3.8, 4) is 0 Å². The summed E-state index contributed by atoms with van der Waals surface area (Å²) in [5.74, 6) is -3.46. The Labute approximate surface area is 167 Å². The topological polar surface area (TPSA) is 159 Å². The molecule has 10 heteroatoms. The highest BCUT2D eigenvalue weighted by molar-refractivity contribution is 6.04. The zero-order valence-corrected chi connectivity index (χ0v) is 15.8. The smallest absolute Gasteiger partial charge is 0.305 e. The molecular weight excluding hydrogens is 380 g/mol. The minimum Gasteiger partial charge on any atom is -0.481 e. The third-order valence-electron chi connectivity index (χ3n) is 4.43. The van der Waals surface area contributed by atoms with Gasteiger partial charge in [-0.1, -0.05) is 30.3 Å². The van der Waals surface area contributed by atoms with E-state index in [1.54, 1.807) is 0 Å². The van der Waals surface area contributed by atoms with Crippen molar-refractivity contribution < 1.29 is 29.1 Å². The minimum atomic E-state index is -1.08. The second-order valence-corrected chi connectivity index (χ2v) is 6.71. The van der Waals surface area contributed by atoms with Crippen LogP contribution in [0, 0.1) is 0 Å². The number of piperidine rings is 1. The molecule has 1 aromatic rings. The molecule has 156 valence electrons. The Morgan fingerprint density at radius 3 is 2.55 bits per heavy atom. The molecule has 0 bridgehead atoms. The zero-order chi connectivity index (χ0) is 21.4. The van der Waals surface area contributed by atoms with Crippen molar-refractivity contribution in [2.24, 2.45) is 5.73 Å². The second-order valence-electron chi connectivity index (χ2n) is 6.71. The highest BCUT2D eigenvalue weighted by atomic mass is 16.4. The number of likely N-dealkylation sites (tertiary alicyclic amines) is 1. The van der Waals surface area contributed by atoms with E-state index in [0.717, 1.165) is 10.5 Å². The van der Waals surface area contributed by atoms with Crippen LogP contribution in [0.4, 0.5) is 0 Å². The van der Waals surface area contributed by atoms with Gasteiger partial charge < -0.3 is 21.5 Å². The molecule has 5 N–H and O–H groups in total.